The van der Waals surface area contributed by atoms with Gasteiger partial charge in [0.1, 0.15) is 5.75 Å². The minimum absolute atomic E-state index is 0.157. The Bertz CT molecular complexity index is 941. The molecule has 1 aliphatic heterocycles. The molecular weight excluding hydrogens is 372 g/mol. The van der Waals surface area contributed by atoms with Gasteiger partial charge >= 0.3 is 5.97 Å². The van der Waals surface area contributed by atoms with Crippen LogP contribution in [0.5, 0.6) is 5.75 Å². The molecule has 1 atom stereocenters. The number of benzene rings is 2. The van der Waals surface area contributed by atoms with E-state index in [1.165, 1.54) is 4.90 Å². The first-order valence-electron chi connectivity index (χ1n) is 9.42. The van der Waals surface area contributed by atoms with Crippen LogP contribution in [0.1, 0.15) is 24.5 Å². The summed E-state index contributed by atoms with van der Waals surface area (Å²) in [6, 6.07) is 12.2. The molecule has 2 aromatic carbocycles. The fourth-order valence-electron chi connectivity index (χ4n) is 3.17. The van der Waals surface area contributed by atoms with Crippen LogP contribution in [0.15, 0.2) is 42.5 Å². The molecule has 2 amide bonds. The Labute approximate surface area is 169 Å². The van der Waals surface area contributed by atoms with Crippen molar-refractivity contribution in [2.24, 2.45) is 0 Å². The molecule has 0 saturated heterocycles. The molecule has 0 fully saturated rings. The second-order valence-electron chi connectivity index (χ2n) is 7.08. The van der Waals surface area contributed by atoms with Gasteiger partial charge in [0, 0.05) is 12.5 Å². The summed E-state index contributed by atoms with van der Waals surface area (Å²) in [5.41, 5.74) is 3.33. The van der Waals surface area contributed by atoms with E-state index in [1.54, 1.807) is 37.3 Å². The Morgan fingerprint density at radius 3 is 2.62 bits per heavy atom. The number of carbonyl (C=O) groups excluding carboxylic acids is 3. The monoisotopic (exact) mass is 396 g/mol. The Balaban J connectivity index is 1.60. The van der Waals surface area contributed by atoms with Crippen LogP contribution in [0.2, 0.25) is 0 Å². The normalized spacial score (nSPS) is 15.8. The predicted octanol–water partition coefficient (Wildman–Crippen LogP) is 2.99. The van der Waals surface area contributed by atoms with E-state index in [0.29, 0.717) is 17.1 Å². The lowest BCUT2D eigenvalue weighted by molar-refractivity contribution is -0.149. The molecule has 3 rings (SSSR count). The summed E-state index contributed by atoms with van der Waals surface area (Å²) < 4.78 is 10.5. The van der Waals surface area contributed by atoms with Crippen LogP contribution in [-0.2, 0) is 19.1 Å². The van der Waals surface area contributed by atoms with Crippen LogP contribution < -0.4 is 15.0 Å². The number of nitrogens with zero attached hydrogens (tertiary/aromatic N) is 1. The minimum atomic E-state index is -0.637. The van der Waals surface area contributed by atoms with E-state index in [2.05, 4.69) is 5.32 Å². The summed E-state index contributed by atoms with van der Waals surface area (Å²) >= 11 is 0. The van der Waals surface area contributed by atoms with E-state index in [4.69, 9.17) is 9.47 Å². The lowest BCUT2D eigenvalue weighted by Gasteiger charge is -2.27. The number of esters is 1. The molecule has 152 valence electrons. The van der Waals surface area contributed by atoms with Crippen LogP contribution in [0, 0.1) is 13.8 Å². The fourth-order valence-corrected chi connectivity index (χ4v) is 3.17. The van der Waals surface area contributed by atoms with Crippen molar-refractivity contribution in [1.29, 1.82) is 0 Å². The van der Waals surface area contributed by atoms with Crippen molar-refractivity contribution in [1.82, 2.24) is 0 Å². The van der Waals surface area contributed by atoms with Gasteiger partial charge in [-0.1, -0.05) is 18.2 Å². The number of hydrogen-bond donors (Lipinski definition) is 1. The molecule has 1 aliphatic rings. The molecule has 2 aromatic rings. The molecule has 0 aromatic heterocycles. The van der Waals surface area contributed by atoms with Crippen LogP contribution >= 0.6 is 0 Å². The van der Waals surface area contributed by atoms with Gasteiger partial charge in [0.2, 0.25) is 5.91 Å². The molecule has 0 unspecified atom stereocenters. The third-order valence-electron chi connectivity index (χ3n) is 4.82. The standard InChI is InChI=1S/C22H24N2O5/c1-14-8-9-17(10-15(14)2)28-13-22(27)29-12-21(26)24-16(3)11-20(25)23-18-6-4-5-7-19(18)24/h4-10,16H,11-13H2,1-3H3,(H,23,25)/t16-/m0/s1. The number of rotatable bonds is 5. The zero-order chi connectivity index (χ0) is 21.0. The summed E-state index contributed by atoms with van der Waals surface area (Å²) in [6.45, 7) is 5.01. The number of para-hydroxylation sites is 2. The van der Waals surface area contributed by atoms with Gasteiger partial charge in [0.15, 0.2) is 13.2 Å². The van der Waals surface area contributed by atoms with Crippen molar-refractivity contribution in [3.05, 3.63) is 53.6 Å². The number of nitrogens with one attached hydrogen (secondary N) is 1. The number of carbonyl (C=O) groups is 3. The van der Waals surface area contributed by atoms with Crippen molar-refractivity contribution in [2.45, 2.75) is 33.2 Å². The Hall–Kier alpha value is -3.35. The van der Waals surface area contributed by atoms with E-state index >= 15 is 0 Å². The zero-order valence-electron chi connectivity index (χ0n) is 16.7. The first-order chi connectivity index (χ1) is 13.8. The number of hydrogen-bond acceptors (Lipinski definition) is 5. The molecule has 0 spiro atoms. The maximum atomic E-state index is 12.8. The highest BCUT2D eigenvalue weighted by molar-refractivity contribution is 6.05. The van der Waals surface area contributed by atoms with Gasteiger partial charge in [-0.25, -0.2) is 4.79 Å². The molecule has 1 N–H and O–H groups in total. The van der Waals surface area contributed by atoms with Crippen molar-refractivity contribution >= 4 is 29.2 Å². The second kappa shape index (κ2) is 8.77. The number of amides is 2. The molecule has 1 heterocycles. The molecule has 0 aliphatic carbocycles. The molecule has 7 nitrogen and oxygen atoms in total. The van der Waals surface area contributed by atoms with E-state index in [0.717, 1.165) is 11.1 Å². The van der Waals surface area contributed by atoms with E-state index in [-0.39, 0.29) is 25.0 Å². The van der Waals surface area contributed by atoms with E-state index < -0.39 is 18.5 Å². The number of fused-ring (bicyclic) bond motifs is 1. The largest absolute Gasteiger partial charge is 0.482 e. The molecule has 0 bridgehead atoms. The Morgan fingerprint density at radius 2 is 1.86 bits per heavy atom. The first kappa shape index (κ1) is 20.4. The molecule has 29 heavy (non-hydrogen) atoms. The maximum absolute atomic E-state index is 12.8. The number of anilines is 2. The lowest BCUT2D eigenvalue weighted by Crippen LogP contribution is -2.41. The SMILES string of the molecule is Cc1ccc(OCC(=O)OCC(=O)N2c3ccccc3NC(=O)C[C@@H]2C)cc1C. The van der Waals surface area contributed by atoms with Gasteiger partial charge in [-0.15, -0.1) is 0 Å². The smallest absolute Gasteiger partial charge is 0.344 e. The van der Waals surface area contributed by atoms with Gasteiger partial charge in [-0.2, -0.15) is 0 Å². The fraction of sp³-hybridized carbons (Fsp3) is 0.318. The van der Waals surface area contributed by atoms with Gasteiger partial charge in [0.25, 0.3) is 5.91 Å². The summed E-state index contributed by atoms with van der Waals surface area (Å²) in [4.78, 5) is 38.3. The highest BCUT2D eigenvalue weighted by atomic mass is 16.6. The van der Waals surface area contributed by atoms with Gasteiger partial charge in [0.05, 0.1) is 11.4 Å². The third-order valence-corrected chi connectivity index (χ3v) is 4.82. The predicted molar refractivity (Wildman–Crippen MR) is 109 cm³/mol. The second-order valence-corrected chi connectivity index (χ2v) is 7.08. The van der Waals surface area contributed by atoms with Crippen molar-refractivity contribution < 1.29 is 23.9 Å². The highest BCUT2D eigenvalue weighted by Crippen LogP contribution is 2.31. The highest BCUT2D eigenvalue weighted by Gasteiger charge is 2.30. The van der Waals surface area contributed by atoms with E-state index in [9.17, 15) is 14.4 Å². The minimum Gasteiger partial charge on any atom is -0.482 e. The van der Waals surface area contributed by atoms with Crippen LogP contribution in [0.3, 0.4) is 0 Å². The van der Waals surface area contributed by atoms with Crippen LogP contribution in [0.4, 0.5) is 11.4 Å². The quantitative estimate of drug-likeness (QED) is 0.786. The van der Waals surface area contributed by atoms with Gasteiger partial charge in [-0.3, -0.25) is 9.59 Å². The zero-order valence-corrected chi connectivity index (χ0v) is 16.7. The molecule has 0 radical (unpaired) electrons. The number of ether oxygens (including phenoxy) is 2. The average molecular weight is 396 g/mol. The van der Waals surface area contributed by atoms with Gasteiger partial charge < -0.3 is 19.7 Å². The van der Waals surface area contributed by atoms with Crippen molar-refractivity contribution in [3.63, 3.8) is 0 Å². The lowest BCUT2D eigenvalue weighted by atomic mass is 10.1. The average Bonchev–Trinajstić information content (AvgIpc) is 2.81. The Morgan fingerprint density at radius 1 is 1.10 bits per heavy atom. The summed E-state index contributed by atoms with van der Waals surface area (Å²) in [6.07, 6.45) is 0.157. The van der Waals surface area contributed by atoms with Crippen LogP contribution in [-0.4, -0.2) is 37.0 Å². The van der Waals surface area contributed by atoms with Gasteiger partial charge in [-0.05, 0) is 56.2 Å². The van der Waals surface area contributed by atoms with Crippen molar-refractivity contribution in [3.8, 4) is 5.75 Å². The first-order valence-corrected chi connectivity index (χ1v) is 9.42. The maximum Gasteiger partial charge on any atom is 0.344 e. The van der Waals surface area contributed by atoms with E-state index in [1.807, 2.05) is 26.0 Å². The third kappa shape index (κ3) is 4.93. The van der Waals surface area contributed by atoms with Crippen LogP contribution in [0.25, 0.3) is 0 Å². The van der Waals surface area contributed by atoms with Crippen molar-refractivity contribution in [2.75, 3.05) is 23.4 Å². The Kier molecular flexibility index (Phi) is 6.16. The molecule has 7 heteroatoms. The molecular formula is C22H24N2O5. The number of aryl methyl sites for hydroxylation is 2. The summed E-state index contributed by atoms with van der Waals surface area (Å²) in [5, 5.41) is 2.79. The topological polar surface area (TPSA) is 84.9 Å². The summed E-state index contributed by atoms with van der Waals surface area (Å²) in [7, 11) is 0. The summed E-state index contributed by atoms with van der Waals surface area (Å²) in [5.74, 6) is -0.641. The molecule has 0 saturated carbocycles.